The van der Waals surface area contributed by atoms with Crippen LogP contribution in [0.5, 0.6) is 5.75 Å². The van der Waals surface area contributed by atoms with Crippen molar-refractivity contribution in [1.29, 1.82) is 0 Å². The van der Waals surface area contributed by atoms with Crippen molar-refractivity contribution in [3.63, 3.8) is 0 Å². The molecule has 0 aliphatic carbocycles. The normalized spacial score (nSPS) is 10.1. The Morgan fingerprint density at radius 2 is 1.87 bits per heavy atom. The number of anilines is 2. The van der Waals surface area contributed by atoms with Crippen molar-refractivity contribution in [2.24, 2.45) is 0 Å². The molecule has 2 aromatic carbocycles. The maximum Gasteiger partial charge on any atom is 0.256 e. The van der Waals surface area contributed by atoms with E-state index in [4.69, 9.17) is 4.74 Å². The Kier molecular flexibility index (Phi) is 4.95. The zero-order chi connectivity index (χ0) is 17.0. The molecule has 0 saturated heterocycles. The highest BCUT2D eigenvalue weighted by molar-refractivity contribution is 6.06. The van der Waals surface area contributed by atoms with Gasteiger partial charge in [-0.25, -0.2) is 4.39 Å². The lowest BCUT2D eigenvalue weighted by Gasteiger charge is -2.12. The second-order valence-electron chi connectivity index (χ2n) is 4.96. The number of benzene rings is 2. The molecule has 0 unspecified atom stereocenters. The van der Waals surface area contributed by atoms with Gasteiger partial charge in [-0.2, -0.15) is 0 Å². The summed E-state index contributed by atoms with van der Waals surface area (Å²) in [7, 11) is 1.37. The molecular weight excluding hydrogens is 299 g/mol. The molecule has 0 saturated carbocycles. The van der Waals surface area contributed by atoms with E-state index < -0.39 is 5.82 Å². The average molecular weight is 316 g/mol. The van der Waals surface area contributed by atoms with E-state index in [1.165, 1.54) is 26.2 Å². The Labute approximate surface area is 133 Å². The first-order valence-electron chi connectivity index (χ1n) is 6.94. The summed E-state index contributed by atoms with van der Waals surface area (Å²) in [6, 6.07) is 9.18. The van der Waals surface area contributed by atoms with Crippen LogP contribution in [0.1, 0.15) is 22.8 Å². The Balaban J connectivity index is 2.24. The maximum absolute atomic E-state index is 13.7. The fraction of sp³-hybridized carbons (Fsp3) is 0.176. The fourth-order valence-electron chi connectivity index (χ4n) is 2.15. The number of carbonyl (C=O) groups is 2. The van der Waals surface area contributed by atoms with Crippen LogP contribution in [0.15, 0.2) is 36.4 Å². The molecule has 0 aliphatic rings. The molecule has 0 aliphatic heterocycles. The lowest BCUT2D eigenvalue weighted by molar-refractivity contribution is -0.114. The van der Waals surface area contributed by atoms with Gasteiger partial charge >= 0.3 is 0 Å². The van der Waals surface area contributed by atoms with Gasteiger partial charge < -0.3 is 15.4 Å². The van der Waals surface area contributed by atoms with E-state index in [2.05, 4.69) is 10.6 Å². The van der Waals surface area contributed by atoms with Gasteiger partial charge in [0, 0.05) is 29.9 Å². The largest absolute Gasteiger partial charge is 0.494 e. The number of carbonyl (C=O) groups excluding carboxylic acids is 2. The smallest absolute Gasteiger partial charge is 0.256 e. The summed E-state index contributed by atoms with van der Waals surface area (Å²) in [6.07, 6.45) is 0. The Morgan fingerprint density at radius 3 is 2.48 bits per heavy atom. The van der Waals surface area contributed by atoms with Crippen molar-refractivity contribution in [3.8, 4) is 5.75 Å². The highest BCUT2D eigenvalue weighted by Gasteiger charge is 2.13. The minimum atomic E-state index is -0.561. The number of halogens is 1. The van der Waals surface area contributed by atoms with Gasteiger partial charge in [-0.3, -0.25) is 9.59 Å². The molecule has 0 heterocycles. The number of methoxy groups -OCH3 is 1. The summed E-state index contributed by atoms with van der Waals surface area (Å²) >= 11 is 0. The molecule has 2 N–H and O–H groups in total. The third kappa shape index (κ3) is 3.85. The molecule has 0 atom stereocenters. The van der Waals surface area contributed by atoms with Crippen LogP contribution in [0.3, 0.4) is 0 Å². The van der Waals surface area contributed by atoms with Crippen molar-refractivity contribution in [2.75, 3.05) is 17.7 Å². The summed E-state index contributed by atoms with van der Waals surface area (Å²) in [5, 5.41) is 5.29. The van der Waals surface area contributed by atoms with Gasteiger partial charge in [-0.1, -0.05) is 6.07 Å². The van der Waals surface area contributed by atoms with E-state index in [0.717, 1.165) is 0 Å². The Morgan fingerprint density at radius 1 is 1.13 bits per heavy atom. The molecule has 6 heteroatoms. The van der Waals surface area contributed by atoms with Crippen molar-refractivity contribution < 1.29 is 18.7 Å². The number of rotatable bonds is 4. The number of amides is 2. The molecule has 2 amide bonds. The highest BCUT2D eigenvalue weighted by atomic mass is 19.1. The summed E-state index contributed by atoms with van der Waals surface area (Å²) in [4.78, 5) is 23.5. The molecule has 0 radical (unpaired) electrons. The lowest BCUT2D eigenvalue weighted by Crippen LogP contribution is -2.15. The molecule has 0 bridgehead atoms. The van der Waals surface area contributed by atoms with Crippen LogP contribution < -0.4 is 15.4 Å². The molecular formula is C17H17FN2O3. The van der Waals surface area contributed by atoms with Crippen LogP contribution in [-0.4, -0.2) is 18.9 Å². The monoisotopic (exact) mass is 316 g/mol. The molecule has 0 aromatic heterocycles. The van der Waals surface area contributed by atoms with Crippen LogP contribution in [-0.2, 0) is 4.79 Å². The molecule has 5 nitrogen and oxygen atoms in total. The van der Waals surface area contributed by atoms with Crippen LogP contribution in [0.25, 0.3) is 0 Å². The van der Waals surface area contributed by atoms with Crippen molar-refractivity contribution >= 4 is 23.2 Å². The van der Waals surface area contributed by atoms with Gasteiger partial charge in [-0.15, -0.1) is 0 Å². The van der Waals surface area contributed by atoms with Gasteiger partial charge in [0.1, 0.15) is 0 Å². The van der Waals surface area contributed by atoms with Gasteiger partial charge in [0.05, 0.1) is 7.11 Å². The van der Waals surface area contributed by atoms with E-state index >= 15 is 0 Å². The van der Waals surface area contributed by atoms with E-state index in [1.807, 2.05) is 0 Å². The van der Waals surface area contributed by atoms with Crippen molar-refractivity contribution in [2.45, 2.75) is 13.8 Å². The lowest BCUT2D eigenvalue weighted by atomic mass is 10.1. The summed E-state index contributed by atoms with van der Waals surface area (Å²) < 4.78 is 18.5. The van der Waals surface area contributed by atoms with Gasteiger partial charge in [-0.05, 0) is 36.8 Å². The SMILES string of the molecule is COc1ccc(NC(=O)c2cccc(NC(C)=O)c2C)cc1F. The number of hydrogen-bond donors (Lipinski definition) is 2. The third-order valence-corrected chi connectivity index (χ3v) is 3.30. The quantitative estimate of drug-likeness (QED) is 0.909. The molecule has 23 heavy (non-hydrogen) atoms. The molecule has 0 fully saturated rings. The maximum atomic E-state index is 13.7. The zero-order valence-corrected chi connectivity index (χ0v) is 13.1. The summed E-state index contributed by atoms with van der Waals surface area (Å²) in [6.45, 7) is 3.13. The topological polar surface area (TPSA) is 67.4 Å². The number of nitrogens with one attached hydrogen (secondary N) is 2. The Hall–Kier alpha value is -2.89. The van der Waals surface area contributed by atoms with E-state index in [1.54, 1.807) is 31.2 Å². The predicted octanol–water partition coefficient (Wildman–Crippen LogP) is 3.35. The second kappa shape index (κ2) is 6.91. The highest BCUT2D eigenvalue weighted by Crippen LogP contribution is 2.23. The zero-order valence-electron chi connectivity index (χ0n) is 13.1. The molecule has 2 rings (SSSR count). The summed E-state index contributed by atoms with van der Waals surface area (Å²) in [5.41, 5.74) is 1.91. The number of hydrogen-bond acceptors (Lipinski definition) is 3. The van der Waals surface area contributed by atoms with Gasteiger partial charge in [0.2, 0.25) is 5.91 Å². The van der Waals surface area contributed by atoms with Crippen LogP contribution in [0.4, 0.5) is 15.8 Å². The second-order valence-corrected chi connectivity index (χ2v) is 4.96. The third-order valence-electron chi connectivity index (χ3n) is 3.30. The van der Waals surface area contributed by atoms with Crippen LogP contribution in [0, 0.1) is 12.7 Å². The first-order valence-corrected chi connectivity index (χ1v) is 6.94. The first kappa shape index (κ1) is 16.5. The molecule has 120 valence electrons. The minimum absolute atomic E-state index is 0.104. The number of ether oxygens (including phenoxy) is 1. The average Bonchev–Trinajstić information content (AvgIpc) is 2.49. The van der Waals surface area contributed by atoms with Crippen LogP contribution in [0.2, 0.25) is 0 Å². The van der Waals surface area contributed by atoms with E-state index in [0.29, 0.717) is 22.5 Å². The molecule has 0 spiro atoms. The van der Waals surface area contributed by atoms with E-state index in [9.17, 15) is 14.0 Å². The first-order chi connectivity index (χ1) is 10.9. The van der Waals surface area contributed by atoms with Gasteiger partial charge in [0.15, 0.2) is 11.6 Å². The predicted molar refractivity (Wildman–Crippen MR) is 86.4 cm³/mol. The fourth-order valence-corrected chi connectivity index (χ4v) is 2.15. The standard InChI is InChI=1S/C17H17FN2O3/c1-10-13(5-4-6-15(10)19-11(2)21)17(22)20-12-7-8-16(23-3)14(18)9-12/h4-9H,1-3H3,(H,19,21)(H,20,22). The van der Waals surface area contributed by atoms with E-state index in [-0.39, 0.29) is 17.6 Å². The van der Waals surface area contributed by atoms with Crippen molar-refractivity contribution in [3.05, 3.63) is 53.3 Å². The van der Waals surface area contributed by atoms with Gasteiger partial charge in [0.25, 0.3) is 5.91 Å². The van der Waals surface area contributed by atoms with Crippen LogP contribution >= 0.6 is 0 Å². The van der Waals surface area contributed by atoms with Crippen molar-refractivity contribution in [1.82, 2.24) is 0 Å². The minimum Gasteiger partial charge on any atom is -0.494 e. The Bertz CT molecular complexity index is 759. The molecule has 2 aromatic rings. The summed E-state index contributed by atoms with van der Waals surface area (Å²) in [5.74, 6) is -1.07.